The van der Waals surface area contributed by atoms with Crippen molar-refractivity contribution in [3.05, 3.63) is 57.4 Å². The summed E-state index contributed by atoms with van der Waals surface area (Å²) < 4.78 is 13.8. The molecule has 2 aromatic carbocycles. The van der Waals surface area contributed by atoms with Crippen LogP contribution in [0.1, 0.15) is 10.4 Å². The van der Waals surface area contributed by atoms with Crippen LogP contribution in [-0.4, -0.2) is 5.91 Å². The first-order valence-electron chi connectivity index (χ1n) is 5.19. The molecule has 1 amide bonds. The van der Waals surface area contributed by atoms with Crippen molar-refractivity contribution in [3.63, 3.8) is 0 Å². The largest absolute Gasteiger partial charge is 0.398 e. The lowest BCUT2D eigenvalue weighted by Crippen LogP contribution is -2.14. The third kappa shape index (κ3) is 2.79. The number of hydrogen-bond donors (Lipinski definition) is 2. The van der Waals surface area contributed by atoms with Crippen LogP contribution in [0.4, 0.5) is 15.8 Å². The Morgan fingerprint density at radius 1 is 1.22 bits per heavy atom. The fourth-order valence-corrected chi connectivity index (χ4v) is 2.01. The van der Waals surface area contributed by atoms with E-state index < -0.39 is 5.82 Å². The van der Waals surface area contributed by atoms with Crippen molar-refractivity contribution >= 4 is 39.9 Å². The highest BCUT2D eigenvalue weighted by molar-refractivity contribution is 14.1. The van der Waals surface area contributed by atoms with E-state index in [0.29, 0.717) is 5.69 Å². The molecule has 0 atom stereocenters. The molecule has 0 saturated heterocycles. The van der Waals surface area contributed by atoms with Gasteiger partial charge in [-0.3, -0.25) is 4.79 Å². The molecule has 0 aromatic heterocycles. The number of anilines is 2. The number of nitrogens with two attached hydrogens (primary N) is 1. The van der Waals surface area contributed by atoms with Crippen LogP contribution < -0.4 is 11.1 Å². The molecule has 0 aliphatic rings. The number of carbonyl (C=O) groups is 1. The number of nitrogen functional groups attached to an aromatic ring is 1. The van der Waals surface area contributed by atoms with Gasteiger partial charge in [-0.1, -0.05) is 12.1 Å². The molecule has 0 aliphatic carbocycles. The molecule has 92 valence electrons. The number of nitrogens with one attached hydrogen (secondary N) is 1. The molecule has 0 bridgehead atoms. The highest BCUT2D eigenvalue weighted by Gasteiger charge is 2.11. The van der Waals surface area contributed by atoms with Crippen LogP contribution in [0.15, 0.2) is 42.5 Å². The summed E-state index contributed by atoms with van der Waals surface area (Å²) in [4.78, 5) is 12.0. The Morgan fingerprint density at radius 3 is 2.61 bits per heavy atom. The van der Waals surface area contributed by atoms with E-state index in [1.54, 1.807) is 6.07 Å². The van der Waals surface area contributed by atoms with Crippen molar-refractivity contribution in [2.75, 3.05) is 11.1 Å². The van der Waals surface area contributed by atoms with Gasteiger partial charge >= 0.3 is 0 Å². The maximum atomic E-state index is 12.9. The molecule has 5 heteroatoms. The standard InChI is InChI=1S/C13H10FIN2O/c14-8-5-6-9(11(16)7-8)13(18)17-12-4-2-1-3-10(12)15/h1-7H,16H2,(H,17,18). The fraction of sp³-hybridized carbons (Fsp3) is 0. The number of benzene rings is 2. The predicted octanol–water partition coefficient (Wildman–Crippen LogP) is 3.26. The van der Waals surface area contributed by atoms with Gasteiger partial charge < -0.3 is 11.1 Å². The number of para-hydroxylation sites is 1. The molecule has 2 aromatic rings. The second kappa shape index (κ2) is 5.34. The third-order valence-electron chi connectivity index (χ3n) is 2.38. The average molecular weight is 356 g/mol. The van der Waals surface area contributed by atoms with Gasteiger partial charge in [0.05, 0.1) is 11.3 Å². The van der Waals surface area contributed by atoms with Gasteiger partial charge in [-0.25, -0.2) is 4.39 Å². The van der Waals surface area contributed by atoms with E-state index in [1.807, 2.05) is 18.2 Å². The zero-order valence-corrected chi connectivity index (χ0v) is 11.4. The Hall–Kier alpha value is -1.63. The first kappa shape index (κ1) is 12.8. The van der Waals surface area contributed by atoms with Gasteiger partial charge in [-0.2, -0.15) is 0 Å². The monoisotopic (exact) mass is 356 g/mol. The van der Waals surface area contributed by atoms with Crippen LogP contribution in [0.25, 0.3) is 0 Å². The number of hydrogen-bond acceptors (Lipinski definition) is 2. The van der Waals surface area contributed by atoms with Crippen LogP contribution in [-0.2, 0) is 0 Å². The molecule has 3 N–H and O–H groups in total. The van der Waals surface area contributed by atoms with Gasteiger partial charge in [-0.15, -0.1) is 0 Å². The summed E-state index contributed by atoms with van der Waals surface area (Å²) in [6.07, 6.45) is 0. The minimum Gasteiger partial charge on any atom is -0.398 e. The molecule has 0 saturated carbocycles. The fourth-order valence-electron chi connectivity index (χ4n) is 1.49. The molecule has 3 nitrogen and oxygen atoms in total. The van der Waals surface area contributed by atoms with Crippen LogP contribution in [0.2, 0.25) is 0 Å². The van der Waals surface area contributed by atoms with Gasteiger partial charge in [0, 0.05) is 9.26 Å². The Morgan fingerprint density at radius 2 is 1.94 bits per heavy atom. The lowest BCUT2D eigenvalue weighted by molar-refractivity contribution is 0.102. The smallest absolute Gasteiger partial charge is 0.257 e. The second-order valence-electron chi connectivity index (χ2n) is 3.67. The summed E-state index contributed by atoms with van der Waals surface area (Å²) in [7, 11) is 0. The van der Waals surface area contributed by atoms with Crippen molar-refractivity contribution in [1.29, 1.82) is 0 Å². The quantitative estimate of drug-likeness (QED) is 0.641. The van der Waals surface area contributed by atoms with Crippen LogP contribution in [0.5, 0.6) is 0 Å². The highest BCUT2D eigenvalue weighted by atomic mass is 127. The van der Waals surface area contributed by atoms with E-state index in [2.05, 4.69) is 27.9 Å². The zero-order valence-electron chi connectivity index (χ0n) is 9.28. The van der Waals surface area contributed by atoms with Crippen molar-refractivity contribution in [1.82, 2.24) is 0 Å². The molecular weight excluding hydrogens is 346 g/mol. The highest BCUT2D eigenvalue weighted by Crippen LogP contribution is 2.20. The Bertz CT molecular complexity index is 601. The summed E-state index contributed by atoms with van der Waals surface area (Å²) in [5.41, 5.74) is 6.70. The SMILES string of the molecule is Nc1cc(F)ccc1C(=O)Nc1ccccc1I. The molecule has 0 unspecified atom stereocenters. The van der Waals surface area contributed by atoms with Crippen molar-refractivity contribution < 1.29 is 9.18 Å². The minimum absolute atomic E-state index is 0.124. The van der Waals surface area contributed by atoms with E-state index in [-0.39, 0.29) is 17.2 Å². The summed E-state index contributed by atoms with van der Waals surface area (Å²) in [6, 6.07) is 11.1. The topological polar surface area (TPSA) is 55.1 Å². The lowest BCUT2D eigenvalue weighted by atomic mass is 10.1. The molecule has 0 radical (unpaired) electrons. The molecule has 0 aliphatic heterocycles. The Balaban J connectivity index is 2.25. The normalized spacial score (nSPS) is 10.1. The van der Waals surface area contributed by atoms with Crippen LogP contribution >= 0.6 is 22.6 Å². The number of carbonyl (C=O) groups excluding carboxylic acids is 1. The molecule has 0 spiro atoms. The minimum atomic E-state index is -0.460. The van der Waals surface area contributed by atoms with Gasteiger partial charge in [-0.05, 0) is 52.9 Å². The molecule has 0 fully saturated rings. The lowest BCUT2D eigenvalue weighted by Gasteiger charge is -2.09. The number of halogens is 2. The number of amides is 1. The third-order valence-corrected chi connectivity index (χ3v) is 3.32. The molecule has 0 heterocycles. The van der Waals surface area contributed by atoms with Gasteiger partial charge in [0.25, 0.3) is 5.91 Å². The average Bonchev–Trinajstić information content (AvgIpc) is 2.32. The predicted molar refractivity (Wildman–Crippen MR) is 77.9 cm³/mol. The van der Waals surface area contributed by atoms with E-state index in [4.69, 9.17) is 5.73 Å². The summed E-state index contributed by atoms with van der Waals surface area (Å²) in [5, 5.41) is 2.74. The van der Waals surface area contributed by atoms with Gasteiger partial charge in [0.2, 0.25) is 0 Å². The summed E-state index contributed by atoms with van der Waals surface area (Å²) in [5.74, 6) is -0.810. The van der Waals surface area contributed by atoms with Crippen LogP contribution in [0.3, 0.4) is 0 Å². The molecule has 2 rings (SSSR count). The molecular formula is C13H10FIN2O. The Kier molecular flexibility index (Phi) is 3.81. The van der Waals surface area contributed by atoms with Gasteiger partial charge in [0.1, 0.15) is 5.82 Å². The van der Waals surface area contributed by atoms with Crippen molar-refractivity contribution in [2.45, 2.75) is 0 Å². The van der Waals surface area contributed by atoms with E-state index in [9.17, 15) is 9.18 Å². The van der Waals surface area contributed by atoms with E-state index in [0.717, 1.165) is 9.64 Å². The van der Waals surface area contributed by atoms with Gasteiger partial charge in [0.15, 0.2) is 0 Å². The van der Waals surface area contributed by atoms with Crippen LogP contribution in [0, 0.1) is 9.39 Å². The van der Waals surface area contributed by atoms with Crippen molar-refractivity contribution in [3.8, 4) is 0 Å². The summed E-state index contributed by atoms with van der Waals surface area (Å²) >= 11 is 2.12. The first-order valence-corrected chi connectivity index (χ1v) is 6.26. The number of rotatable bonds is 2. The maximum absolute atomic E-state index is 12.9. The van der Waals surface area contributed by atoms with E-state index >= 15 is 0 Å². The van der Waals surface area contributed by atoms with Crippen molar-refractivity contribution in [2.24, 2.45) is 0 Å². The summed E-state index contributed by atoms with van der Waals surface area (Å²) in [6.45, 7) is 0. The zero-order chi connectivity index (χ0) is 13.1. The van der Waals surface area contributed by atoms with E-state index in [1.165, 1.54) is 12.1 Å². The second-order valence-corrected chi connectivity index (χ2v) is 4.83. The first-order chi connectivity index (χ1) is 8.58. The Labute approximate surface area is 117 Å². The molecule has 18 heavy (non-hydrogen) atoms. The maximum Gasteiger partial charge on any atom is 0.257 e.